The predicted molar refractivity (Wildman–Crippen MR) is 110 cm³/mol. The van der Waals surface area contributed by atoms with Gasteiger partial charge in [0.1, 0.15) is 17.8 Å². The number of aromatic nitrogens is 4. The van der Waals surface area contributed by atoms with Crippen LogP contribution in [0.25, 0.3) is 0 Å². The number of nitrogens with zero attached hydrogens (tertiary/aromatic N) is 3. The van der Waals surface area contributed by atoms with Gasteiger partial charge in [-0.3, -0.25) is 19.3 Å². The van der Waals surface area contributed by atoms with Crippen molar-refractivity contribution in [2.75, 3.05) is 5.32 Å². The predicted octanol–water partition coefficient (Wildman–Crippen LogP) is 1.65. The van der Waals surface area contributed by atoms with Crippen molar-refractivity contribution in [3.8, 4) is 0 Å². The maximum atomic E-state index is 13.2. The summed E-state index contributed by atoms with van der Waals surface area (Å²) in [6.07, 6.45) is 11.8. The van der Waals surface area contributed by atoms with Gasteiger partial charge in [0.15, 0.2) is 0 Å². The van der Waals surface area contributed by atoms with E-state index in [4.69, 9.17) is 4.74 Å². The van der Waals surface area contributed by atoms with Crippen molar-refractivity contribution in [2.24, 2.45) is 17.8 Å². The van der Waals surface area contributed by atoms with E-state index in [0.29, 0.717) is 23.2 Å². The minimum Gasteiger partial charge on any atom is -0.446 e. The molecule has 2 amide bonds. The summed E-state index contributed by atoms with van der Waals surface area (Å²) < 4.78 is 6.88. The fourth-order valence-corrected chi connectivity index (χ4v) is 4.11. The normalized spacial score (nSPS) is 19.1. The third kappa shape index (κ3) is 4.95. The largest absolute Gasteiger partial charge is 0.446 e. The van der Waals surface area contributed by atoms with E-state index in [9.17, 15) is 14.4 Å². The van der Waals surface area contributed by atoms with Gasteiger partial charge in [-0.2, -0.15) is 5.10 Å². The van der Waals surface area contributed by atoms with Crippen LogP contribution in [-0.4, -0.2) is 43.9 Å². The molecule has 3 fully saturated rings. The number of hydrogen-bond acceptors (Lipinski definition) is 6. The van der Waals surface area contributed by atoms with Gasteiger partial charge in [-0.25, -0.2) is 4.79 Å². The third-order valence-electron chi connectivity index (χ3n) is 6.07. The highest BCUT2D eigenvalue weighted by molar-refractivity contribution is 5.96. The standard InChI is InChI=1S/C21H26N6O4/c28-19-16(22-7-8-23-19)11-27-10-14(9-24-27)25-20(29)18(26-21(30)31-15-5-6-15)17(12-1-2-12)13-3-4-13/h7-10,12-13,15,17-18H,1-6,11H2,(H,23,28)(H,25,29)(H,26,30). The number of carbonyl (C=O) groups excluding carboxylic acids is 2. The Bertz CT molecular complexity index is 1010. The van der Waals surface area contributed by atoms with Crippen LogP contribution in [0.3, 0.4) is 0 Å². The number of anilines is 1. The van der Waals surface area contributed by atoms with E-state index >= 15 is 0 Å². The Hall–Kier alpha value is -3.17. The molecule has 3 saturated carbocycles. The molecule has 2 aromatic heterocycles. The second-order valence-electron chi connectivity index (χ2n) is 8.76. The molecule has 0 spiro atoms. The molecule has 1 atom stereocenters. The smallest absolute Gasteiger partial charge is 0.408 e. The summed E-state index contributed by atoms with van der Waals surface area (Å²) in [6.45, 7) is 0.189. The first kappa shape index (κ1) is 19.8. The molecule has 0 bridgehead atoms. The van der Waals surface area contributed by atoms with Crippen molar-refractivity contribution in [3.05, 3.63) is 40.8 Å². The maximum absolute atomic E-state index is 13.2. The lowest BCUT2D eigenvalue weighted by Gasteiger charge is -2.27. The number of H-pyrrole nitrogens is 1. The molecule has 0 saturated heterocycles. The van der Waals surface area contributed by atoms with E-state index < -0.39 is 12.1 Å². The van der Waals surface area contributed by atoms with Crippen LogP contribution in [-0.2, 0) is 16.1 Å². The highest BCUT2D eigenvalue weighted by atomic mass is 16.6. The molecular formula is C21H26N6O4. The Kier molecular flexibility index (Phi) is 5.21. The molecular weight excluding hydrogens is 400 g/mol. The molecule has 164 valence electrons. The minimum atomic E-state index is -0.631. The molecule has 31 heavy (non-hydrogen) atoms. The average Bonchev–Trinajstić information content (AvgIpc) is 3.59. The fourth-order valence-electron chi connectivity index (χ4n) is 4.11. The Morgan fingerprint density at radius 1 is 1.19 bits per heavy atom. The Labute approximate surface area is 178 Å². The first-order valence-electron chi connectivity index (χ1n) is 10.9. The monoisotopic (exact) mass is 426 g/mol. The molecule has 10 nitrogen and oxygen atoms in total. The van der Waals surface area contributed by atoms with Crippen LogP contribution in [0.15, 0.2) is 29.6 Å². The second-order valence-corrected chi connectivity index (χ2v) is 8.76. The molecule has 0 aromatic carbocycles. The zero-order valence-electron chi connectivity index (χ0n) is 17.1. The highest BCUT2D eigenvalue weighted by Crippen LogP contribution is 2.50. The first-order chi connectivity index (χ1) is 15.1. The van der Waals surface area contributed by atoms with Gasteiger partial charge in [-0.1, -0.05) is 0 Å². The second kappa shape index (κ2) is 8.16. The lowest BCUT2D eigenvalue weighted by atomic mass is 9.89. The third-order valence-corrected chi connectivity index (χ3v) is 6.07. The molecule has 2 aromatic rings. The van der Waals surface area contributed by atoms with Crippen molar-refractivity contribution in [1.82, 2.24) is 25.1 Å². The molecule has 5 rings (SSSR count). The van der Waals surface area contributed by atoms with Gasteiger partial charge in [-0.15, -0.1) is 0 Å². The summed E-state index contributed by atoms with van der Waals surface area (Å²) in [5.41, 5.74) is 0.553. The van der Waals surface area contributed by atoms with Gasteiger partial charge >= 0.3 is 6.09 Å². The van der Waals surface area contributed by atoms with E-state index in [1.807, 2.05) is 0 Å². The van der Waals surface area contributed by atoms with E-state index in [1.165, 1.54) is 23.3 Å². The van der Waals surface area contributed by atoms with Crippen LogP contribution in [0.5, 0.6) is 0 Å². The topological polar surface area (TPSA) is 131 Å². The van der Waals surface area contributed by atoms with Crippen molar-refractivity contribution in [2.45, 2.75) is 57.2 Å². The van der Waals surface area contributed by atoms with Crippen LogP contribution in [0.4, 0.5) is 10.5 Å². The number of nitrogens with one attached hydrogen (secondary N) is 3. The van der Waals surface area contributed by atoms with Crippen LogP contribution in [0.1, 0.15) is 44.2 Å². The van der Waals surface area contributed by atoms with Crippen molar-refractivity contribution >= 4 is 17.7 Å². The van der Waals surface area contributed by atoms with E-state index in [0.717, 1.165) is 38.5 Å². The highest BCUT2D eigenvalue weighted by Gasteiger charge is 2.48. The maximum Gasteiger partial charge on any atom is 0.408 e. The van der Waals surface area contributed by atoms with Crippen molar-refractivity contribution in [1.29, 1.82) is 0 Å². The molecule has 3 aliphatic rings. The minimum absolute atomic E-state index is 0.0167. The van der Waals surface area contributed by atoms with Gasteiger partial charge in [0.25, 0.3) is 5.56 Å². The van der Waals surface area contributed by atoms with E-state index in [1.54, 1.807) is 6.20 Å². The number of carbonyl (C=O) groups is 2. The van der Waals surface area contributed by atoms with Gasteiger partial charge in [-0.05, 0) is 56.3 Å². The lowest BCUT2D eigenvalue weighted by molar-refractivity contribution is -0.119. The molecule has 0 radical (unpaired) electrons. The number of aromatic amines is 1. The number of ether oxygens (including phenoxy) is 1. The van der Waals surface area contributed by atoms with E-state index in [2.05, 4.69) is 25.7 Å². The van der Waals surface area contributed by atoms with Crippen LogP contribution >= 0.6 is 0 Å². The lowest BCUT2D eigenvalue weighted by Crippen LogP contribution is -2.50. The number of hydrogen-bond donors (Lipinski definition) is 3. The summed E-state index contributed by atoms with van der Waals surface area (Å²) in [7, 11) is 0. The summed E-state index contributed by atoms with van der Waals surface area (Å²) in [5.74, 6) is 0.826. The van der Waals surface area contributed by atoms with Gasteiger partial charge in [0, 0.05) is 18.6 Å². The average molecular weight is 426 g/mol. The Morgan fingerprint density at radius 2 is 1.94 bits per heavy atom. The van der Waals surface area contributed by atoms with Gasteiger partial charge < -0.3 is 20.4 Å². The number of amides is 2. The fraction of sp³-hybridized carbons (Fsp3) is 0.571. The summed E-state index contributed by atoms with van der Waals surface area (Å²) >= 11 is 0. The van der Waals surface area contributed by atoms with E-state index in [-0.39, 0.29) is 30.0 Å². The molecule has 0 aliphatic heterocycles. The molecule has 1 unspecified atom stereocenters. The Morgan fingerprint density at radius 3 is 2.58 bits per heavy atom. The summed E-state index contributed by atoms with van der Waals surface area (Å²) in [5, 5.41) is 9.94. The quantitative estimate of drug-likeness (QED) is 0.559. The first-order valence-corrected chi connectivity index (χ1v) is 10.9. The van der Waals surface area contributed by atoms with Crippen LogP contribution in [0.2, 0.25) is 0 Å². The zero-order chi connectivity index (χ0) is 21.4. The van der Waals surface area contributed by atoms with Gasteiger partial charge in [0.05, 0.1) is 18.4 Å². The molecule has 3 aliphatic carbocycles. The molecule has 2 heterocycles. The number of rotatable bonds is 9. The van der Waals surface area contributed by atoms with Gasteiger partial charge in [0.2, 0.25) is 5.91 Å². The summed E-state index contributed by atoms with van der Waals surface area (Å²) in [6, 6.07) is -0.631. The van der Waals surface area contributed by atoms with Crippen molar-refractivity contribution < 1.29 is 14.3 Å². The zero-order valence-corrected chi connectivity index (χ0v) is 17.1. The Balaban J connectivity index is 1.27. The number of alkyl carbamates (subject to hydrolysis) is 1. The molecule has 3 N–H and O–H groups in total. The summed E-state index contributed by atoms with van der Waals surface area (Å²) in [4.78, 5) is 44.0. The molecule has 10 heteroatoms. The van der Waals surface area contributed by atoms with Crippen LogP contribution < -0.4 is 16.2 Å². The SMILES string of the molecule is O=C(NC(C(=O)Nc1cnn(Cc2ncc[nH]c2=O)c1)C(C1CC1)C1CC1)OC1CC1. The van der Waals surface area contributed by atoms with Crippen molar-refractivity contribution in [3.63, 3.8) is 0 Å². The van der Waals surface area contributed by atoms with Crippen LogP contribution in [0, 0.1) is 17.8 Å².